The molecule has 0 bridgehead atoms. The van der Waals surface area contributed by atoms with Crippen molar-refractivity contribution in [2.75, 3.05) is 20.1 Å². The third-order valence-electron chi connectivity index (χ3n) is 4.40. The Morgan fingerprint density at radius 2 is 1.96 bits per heavy atom. The Morgan fingerprint density at radius 3 is 2.54 bits per heavy atom. The Bertz CT molecular complexity index is 626. The number of nitrogens with zero attached hydrogens (tertiary/aromatic N) is 2. The largest absolute Gasteiger partial charge is 0.481 e. The third kappa shape index (κ3) is 4.34. The highest BCUT2D eigenvalue weighted by atomic mass is 16.4. The summed E-state index contributed by atoms with van der Waals surface area (Å²) in [6.07, 6.45) is 0.191. The maximum Gasteiger partial charge on any atom is 0.308 e. The second-order valence-corrected chi connectivity index (χ2v) is 6.62. The number of carbonyl (C=O) groups excluding carboxylic acids is 2. The van der Waals surface area contributed by atoms with E-state index in [1.807, 2.05) is 31.2 Å². The second kappa shape index (κ2) is 7.47. The van der Waals surface area contributed by atoms with Crippen molar-refractivity contribution >= 4 is 17.8 Å². The van der Waals surface area contributed by atoms with Gasteiger partial charge in [0.05, 0.1) is 11.8 Å². The monoisotopic (exact) mass is 332 g/mol. The van der Waals surface area contributed by atoms with E-state index in [0.717, 1.165) is 11.1 Å². The minimum Gasteiger partial charge on any atom is -0.481 e. The van der Waals surface area contributed by atoms with Gasteiger partial charge in [-0.25, -0.2) is 0 Å². The number of aliphatic carboxylic acids is 1. The molecule has 0 unspecified atom stereocenters. The number of carboxylic acids is 1. The molecule has 1 saturated heterocycles. The molecule has 2 atom stereocenters. The molecule has 1 aromatic rings. The van der Waals surface area contributed by atoms with E-state index >= 15 is 0 Å². The molecule has 6 heteroatoms. The second-order valence-electron chi connectivity index (χ2n) is 6.62. The average molecular weight is 332 g/mol. The van der Waals surface area contributed by atoms with Gasteiger partial charge in [-0.1, -0.05) is 36.8 Å². The standard InChI is InChI=1S/C18H24N2O4/c1-12-4-6-14(7-5-12)10-20-11-15(8-16(20)21)17(22)19(3)9-13(2)18(23)24/h4-7,13,15H,8-11H2,1-3H3,(H,23,24)/t13-,15-/m0/s1. The van der Waals surface area contributed by atoms with Crippen molar-refractivity contribution in [1.29, 1.82) is 0 Å². The molecule has 130 valence electrons. The molecular weight excluding hydrogens is 308 g/mol. The van der Waals surface area contributed by atoms with Gasteiger partial charge in [0.1, 0.15) is 0 Å². The highest BCUT2D eigenvalue weighted by molar-refractivity contribution is 5.89. The van der Waals surface area contributed by atoms with Gasteiger partial charge in [0, 0.05) is 33.1 Å². The summed E-state index contributed by atoms with van der Waals surface area (Å²) in [5, 5.41) is 8.95. The Kier molecular flexibility index (Phi) is 5.59. The van der Waals surface area contributed by atoms with Crippen LogP contribution in [0.15, 0.2) is 24.3 Å². The zero-order valence-electron chi connectivity index (χ0n) is 14.4. The fraction of sp³-hybridized carbons (Fsp3) is 0.500. The highest BCUT2D eigenvalue weighted by Crippen LogP contribution is 2.22. The van der Waals surface area contributed by atoms with Crippen molar-refractivity contribution in [3.63, 3.8) is 0 Å². The predicted molar refractivity (Wildman–Crippen MR) is 89.1 cm³/mol. The Morgan fingerprint density at radius 1 is 1.33 bits per heavy atom. The average Bonchev–Trinajstić information content (AvgIpc) is 2.89. The van der Waals surface area contributed by atoms with Crippen molar-refractivity contribution in [2.24, 2.45) is 11.8 Å². The van der Waals surface area contributed by atoms with Crippen LogP contribution in [0.4, 0.5) is 0 Å². The van der Waals surface area contributed by atoms with Gasteiger partial charge in [-0.05, 0) is 12.5 Å². The summed E-state index contributed by atoms with van der Waals surface area (Å²) in [5.41, 5.74) is 2.20. The normalized spacial score (nSPS) is 18.5. The van der Waals surface area contributed by atoms with E-state index in [4.69, 9.17) is 5.11 Å². The van der Waals surface area contributed by atoms with Gasteiger partial charge in [0.15, 0.2) is 0 Å². The molecule has 0 aromatic heterocycles. The van der Waals surface area contributed by atoms with Crippen molar-refractivity contribution in [3.05, 3.63) is 35.4 Å². The fourth-order valence-corrected chi connectivity index (χ4v) is 2.89. The number of carbonyl (C=O) groups is 3. The summed E-state index contributed by atoms with van der Waals surface area (Å²) in [4.78, 5) is 38.6. The Hall–Kier alpha value is -2.37. The zero-order valence-corrected chi connectivity index (χ0v) is 14.4. The van der Waals surface area contributed by atoms with Crippen LogP contribution in [0.1, 0.15) is 24.5 Å². The van der Waals surface area contributed by atoms with Crippen LogP contribution >= 0.6 is 0 Å². The van der Waals surface area contributed by atoms with Gasteiger partial charge in [0.2, 0.25) is 11.8 Å². The molecule has 1 aromatic carbocycles. The van der Waals surface area contributed by atoms with E-state index in [1.54, 1.807) is 18.9 Å². The number of carboxylic acid groups (broad SMARTS) is 1. The van der Waals surface area contributed by atoms with Gasteiger partial charge in [-0.15, -0.1) is 0 Å². The van der Waals surface area contributed by atoms with Gasteiger partial charge in [0.25, 0.3) is 0 Å². The summed E-state index contributed by atoms with van der Waals surface area (Å²) < 4.78 is 0. The number of benzene rings is 1. The van der Waals surface area contributed by atoms with Gasteiger partial charge in [-0.3, -0.25) is 14.4 Å². The van der Waals surface area contributed by atoms with E-state index in [-0.39, 0.29) is 24.8 Å². The van der Waals surface area contributed by atoms with Crippen LogP contribution in [0.5, 0.6) is 0 Å². The summed E-state index contributed by atoms with van der Waals surface area (Å²) in [7, 11) is 1.59. The molecular formula is C18H24N2O4. The molecule has 1 aliphatic heterocycles. The molecule has 0 saturated carbocycles. The Balaban J connectivity index is 1.94. The van der Waals surface area contributed by atoms with Crippen LogP contribution in [-0.4, -0.2) is 52.8 Å². The van der Waals surface area contributed by atoms with E-state index in [1.165, 1.54) is 4.90 Å². The predicted octanol–water partition coefficient (Wildman–Crippen LogP) is 1.52. The van der Waals surface area contributed by atoms with Crippen LogP contribution in [-0.2, 0) is 20.9 Å². The number of rotatable bonds is 6. The van der Waals surface area contributed by atoms with Crippen molar-refractivity contribution < 1.29 is 19.5 Å². The molecule has 1 aliphatic rings. The van der Waals surface area contributed by atoms with E-state index in [9.17, 15) is 14.4 Å². The minimum atomic E-state index is -0.932. The number of hydrogen-bond donors (Lipinski definition) is 1. The molecule has 6 nitrogen and oxygen atoms in total. The van der Waals surface area contributed by atoms with E-state index in [2.05, 4.69) is 0 Å². The Labute approximate surface area is 142 Å². The lowest BCUT2D eigenvalue weighted by Crippen LogP contribution is -2.38. The molecule has 24 heavy (non-hydrogen) atoms. The molecule has 2 amide bonds. The lowest BCUT2D eigenvalue weighted by molar-refractivity contribution is -0.143. The maximum atomic E-state index is 12.4. The first-order valence-corrected chi connectivity index (χ1v) is 8.09. The van der Waals surface area contributed by atoms with E-state index in [0.29, 0.717) is 13.1 Å². The molecule has 0 spiro atoms. The summed E-state index contributed by atoms with van der Waals surface area (Å²) in [6.45, 7) is 4.61. The number of aryl methyl sites for hydroxylation is 1. The minimum absolute atomic E-state index is 0.0337. The highest BCUT2D eigenvalue weighted by Gasteiger charge is 2.36. The number of likely N-dealkylation sites (tertiary alicyclic amines) is 1. The van der Waals surface area contributed by atoms with Gasteiger partial charge in [-0.2, -0.15) is 0 Å². The van der Waals surface area contributed by atoms with Crippen LogP contribution in [0.3, 0.4) is 0 Å². The summed E-state index contributed by atoms with van der Waals surface area (Å²) >= 11 is 0. The molecule has 0 radical (unpaired) electrons. The smallest absolute Gasteiger partial charge is 0.308 e. The van der Waals surface area contributed by atoms with Crippen molar-refractivity contribution in [3.8, 4) is 0 Å². The SMILES string of the molecule is Cc1ccc(CN2C[C@@H](C(=O)N(C)C[C@H](C)C(=O)O)CC2=O)cc1. The van der Waals surface area contributed by atoms with Crippen LogP contribution in [0.2, 0.25) is 0 Å². The lowest BCUT2D eigenvalue weighted by atomic mass is 10.1. The summed E-state index contributed by atoms with van der Waals surface area (Å²) in [6, 6.07) is 7.97. The lowest BCUT2D eigenvalue weighted by Gasteiger charge is -2.23. The topological polar surface area (TPSA) is 77.9 Å². The number of hydrogen-bond acceptors (Lipinski definition) is 3. The van der Waals surface area contributed by atoms with Crippen LogP contribution in [0.25, 0.3) is 0 Å². The first-order chi connectivity index (χ1) is 11.3. The zero-order chi connectivity index (χ0) is 17.9. The van der Waals surface area contributed by atoms with Crippen LogP contribution in [0, 0.1) is 18.8 Å². The quantitative estimate of drug-likeness (QED) is 0.857. The first kappa shape index (κ1) is 18.0. The molecule has 1 fully saturated rings. The fourth-order valence-electron chi connectivity index (χ4n) is 2.89. The van der Waals surface area contributed by atoms with Crippen LogP contribution < -0.4 is 0 Å². The third-order valence-corrected chi connectivity index (χ3v) is 4.40. The van der Waals surface area contributed by atoms with Gasteiger partial charge < -0.3 is 14.9 Å². The first-order valence-electron chi connectivity index (χ1n) is 8.09. The summed E-state index contributed by atoms with van der Waals surface area (Å²) in [5.74, 6) is -2.15. The molecule has 1 heterocycles. The van der Waals surface area contributed by atoms with Crippen molar-refractivity contribution in [2.45, 2.75) is 26.8 Å². The maximum absolute atomic E-state index is 12.4. The number of amides is 2. The van der Waals surface area contributed by atoms with Crippen molar-refractivity contribution in [1.82, 2.24) is 9.80 Å². The van der Waals surface area contributed by atoms with Gasteiger partial charge >= 0.3 is 5.97 Å². The molecule has 2 rings (SSSR count). The molecule has 0 aliphatic carbocycles. The van der Waals surface area contributed by atoms with E-state index < -0.39 is 17.8 Å². The molecule has 1 N–H and O–H groups in total.